The molecule has 29 heavy (non-hydrogen) atoms. The average Bonchev–Trinajstić information content (AvgIpc) is 3.07. The number of nitrogens with two attached hydrogens (primary N) is 1. The van der Waals surface area contributed by atoms with E-state index in [1.165, 1.54) is 12.1 Å². The summed E-state index contributed by atoms with van der Waals surface area (Å²) in [5.41, 5.74) is -0.0654. The topological polar surface area (TPSA) is 220 Å². The van der Waals surface area contributed by atoms with Gasteiger partial charge in [-0.3, -0.25) is 9.50 Å². The Morgan fingerprint density at radius 3 is 2.62 bits per heavy atom. The largest absolute Gasteiger partial charge is 0.739 e. The zero-order valence-electron chi connectivity index (χ0n) is 14.5. The van der Waals surface area contributed by atoms with Crippen molar-refractivity contribution in [1.29, 1.82) is 0 Å². The number of aromatic nitrogens is 5. The smallest absolute Gasteiger partial charge is 0.460 e. The molecule has 0 aliphatic heterocycles. The molecule has 15 nitrogen and oxygen atoms in total. The van der Waals surface area contributed by atoms with Gasteiger partial charge in [0.1, 0.15) is 6.61 Å². The molecule has 1 aromatic carbocycles. The van der Waals surface area contributed by atoms with Gasteiger partial charge in [0, 0.05) is 10.9 Å². The standard InChI is InChI=1S/C13H14N8O7S/c14-29(26,27)28-7-8-12(21(24)25)17-11(16-8)5-6-15-13-18-20(23)10-4-2-1-3-9(10)19(13)22/h1-4H,5-7H2,(H,15,18)(H,16,17)(H2,14,26,27). The first-order valence-electron chi connectivity index (χ1n) is 7.91. The molecule has 0 bridgehead atoms. The summed E-state index contributed by atoms with van der Waals surface area (Å²) in [6.45, 7) is -0.685. The minimum Gasteiger partial charge on any atom is -0.739 e. The van der Waals surface area contributed by atoms with Gasteiger partial charge in [0.05, 0.1) is 13.0 Å². The third-order valence-electron chi connectivity index (χ3n) is 3.68. The molecule has 0 aliphatic carbocycles. The molecule has 0 saturated carbocycles. The van der Waals surface area contributed by atoms with Crippen LogP contribution in [0.3, 0.4) is 0 Å². The van der Waals surface area contributed by atoms with Crippen molar-refractivity contribution in [3.63, 3.8) is 0 Å². The number of H-pyrrole nitrogens is 1. The number of hydrogen-bond donors (Lipinski definition) is 3. The number of benzene rings is 1. The van der Waals surface area contributed by atoms with Crippen LogP contribution in [-0.2, 0) is 27.5 Å². The van der Waals surface area contributed by atoms with E-state index in [0.29, 0.717) is 9.58 Å². The van der Waals surface area contributed by atoms with Gasteiger partial charge in [-0.25, -0.2) is 19.8 Å². The zero-order chi connectivity index (χ0) is 21.2. The highest BCUT2D eigenvalue weighted by atomic mass is 32.2. The first kappa shape index (κ1) is 20.1. The van der Waals surface area contributed by atoms with Gasteiger partial charge in [0.25, 0.3) is 5.52 Å². The van der Waals surface area contributed by atoms with Crippen LogP contribution in [0.2, 0.25) is 0 Å². The number of nitro groups is 1. The lowest BCUT2D eigenvalue weighted by Gasteiger charge is -2.09. The monoisotopic (exact) mass is 426 g/mol. The van der Waals surface area contributed by atoms with Crippen LogP contribution < -0.4 is 20.0 Å². The minimum absolute atomic E-state index is 0.0354. The fourth-order valence-electron chi connectivity index (χ4n) is 2.45. The number of nitrogens with zero attached hydrogens (tertiary/aromatic N) is 5. The number of nitrogens with one attached hydrogen (secondary N) is 2. The van der Waals surface area contributed by atoms with Crippen molar-refractivity contribution >= 4 is 33.1 Å². The Labute approximate surface area is 162 Å². The van der Waals surface area contributed by atoms with Gasteiger partial charge >= 0.3 is 22.1 Å². The van der Waals surface area contributed by atoms with Crippen molar-refractivity contribution < 1.29 is 27.1 Å². The van der Waals surface area contributed by atoms with Gasteiger partial charge in [0.2, 0.25) is 5.10 Å². The lowest BCUT2D eigenvalue weighted by molar-refractivity contribution is -0.672. The van der Waals surface area contributed by atoms with Crippen molar-refractivity contribution in [3.8, 4) is 0 Å². The summed E-state index contributed by atoms with van der Waals surface area (Å²) in [6, 6.07) is 6.08. The van der Waals surface area contributed by atoms with Crippen molar-refractivity contribution in [2.24, 2.45) is 5.14 Å². The molecule has 2 aromatic heterocycles. The maximum Gasteiger partial charge on any atom is 0.460 e. The third kappa shape index (κ3) is 4.62. The Morgan fingerprint density at radius 2 is 1.97 bits per heavy atom. The van der Waals surface area contributed by atoms with E-state index in [2.05, 4.69) is 24.6 Å². The van der Waals surface area contributed by atoms with Crippen LogP contribution >= 0.6 is 0 Å². The molecule has 0 spiro atoms. The normalized spacial score (nSPS) is 11.6. The Hall–Kier alpha value is -3.63. The SMILES string of the molecule is NS(=O)(=O)OCc1nc(CCNc2n[n+]([O-])c3ccccc3[n+]2[O-])[nH]c1[N+](=O)[O-]. The second-order valence-corrected chi connectivity index (χ2v) is 6.87. The van der Waals surface area contributed by atoms with Crippen molar-refractivity contribution in [2.75, 3.05) is 11.9 Å². The summed E-state index contributed by atoms with van der Waals surface area (Å²) in [5.74, 6) is -0.702. The van der Waals surface area contributed by atoms with E-state index in [-0.39, 0.29) is 41.5 Å². The first-order chi connectivity index (χ1) is 13.7. The second-order valence-electron chi connectivity index (χ2n) is 5.65. The van der Waals surface area contributed by atoms with Crippen LogP contribution in [0.25, 0.3) is 11.0 Å². The number of hydrogen-bond acceptors (Lipinski definition) is 10. The quantitative estimate of drug-likeness (QED) is 0.164. The number of anilines is 1. The predicted octanol–water partition coefficient (Wildman–Crippen LogP) is -1.49. The first-order valence-corrected chi connectivity index (χ1v) is 9.38. The summed E-state index contributed by atoms with van der Waals surface area (Å²) in [6.07, 6.45) is 0.0591. The molecule has 154 valence electrons. The highest BCUT2D eigenvalue weighted by molar-refractivity contribution is 7.84. The highest BCUT2D eigenvalue weighted by Crippen LogP contribution is 2.17. The van der Waals surface area contributed by atoms with Gasteiger partial charge in [-0.15, -0.1) is 0 Å². The summed E-state index contributed by atoms with van der Waals surface area (Å²) >= 11 is 0. The van der Waals surface area contributed by atoms with Crippen LogP contribution in [0.4, 0.5) is 11.8 Å². The van der Waals surface area contributed by atoms with Gasteiger partial charge in [0.15, 0.2) is 17.0 Å². The summed E-state index contributed by atoms with van der Waals surface area (Å²) in [7, 11) is -4.30. The van der Waals surface area contributed by atoms with E-state index in [1.54, 1.807) is 12.1 Å². The summed E-state index contributed by atoms with van der Waals surface area (Å²) in [5, 5.41) is 46.2. The van der Waals surface area contributed by atoms with Crippen LogP contribution in [0.15, 0.2) is 24.3 Å². The highest BCUT2D eigenvalue weighted by Gasteiger charge is 2.23. The van der Waals surface area contributed by atoms with Gasteiger partial charge in [-0.2, -0.15) is 8.42 Å². The summed E-state index contributed by atoms with van der Waals surface area (Å²) in [4.78, 5) is 16.9. The Kier molecular flexibility index (Phi) is 5.39. The Bertz CT molecular complexity index is 1180. The number of rotatable bonds is 8. The van der Waals surface area contributed by atoms with E-state index in [9.17, 15) is 28.9 Å². The van der Waals surface area contributed by atoms with Crippen LogP contribution in [0, 0.1) is 20.5 Å². The number of aromatic amines is 1. The lowest BCUT2D eigenvalue weighted by Crippen LogP contribution is -2.44. The van der Waals surface area contributed by atoms with E-state index in [4.69, 9.17) is 5.14 Å². The molecule has 3 aromatic rings. The van der Waals surface area contributed by atoms with E-state index in [0.717, 1.165) is 0 Å². The predicted molar refractivity (Wildman–Crippen MR) is 95.0 cm³/mol. The van der Waals surface area contributed by atoms with Crippen molar-refractivity contribution in [1.82, 2.24) is 15.1 Å². The maximum atomic E-state index is 12.3. The fourth-order valence-corrected chi connectivity index (χ4v) is 2.73. The van der Waals surface area contributed by atoms with E-state index in [1.807, 2.05) is 0 Å². The van der Waals surface area contributed by atoms with Gasteiger partial charge < -0.3 is 20.5 Å². The number of para-hydroxylation sites is 2. The number of fused-ring (bicyclic) bond motifs is 1. The molecule has 0 fully saturated rings. The molecular weight excluding hydrogens is 412 g/mol. The molecule has 0 aliphatic rings. The van der Waals surface area contributed by atoms with Crippen LogP contribution in [0.1, 0.15) is 11.5 Å². The maximum absolute atomic E-state index is 12.3. The van der Waals surface area contributed by atoms with Gasteiger partial charge in [-0.1, -0.05) is 12.1 Å². The molecule has 0 radical (unpaired) electrons. The van der Waals surface area contributed by atoms with Crippen molar-refractivity contribution in [3.05, 3.63) is 56.3 Å². The molecule has 0 unspecified atom stereocenters. The molecule has 0 amide bonds. The molecule has 0 saturated heterocycles. The second kappa shape index (κ2) is 7.78. The zero-order valence-corrected chi connectivity index (χ0v) is 15.3. The average molecular weight is 426 g/mol. The third-order valence-corrected chi connectivity index (χ3v) is 4.12. The van der Waals surface area contributed by atoms with E-state index >= 15 is 0 Å². The Balaban J connectivity index is 1.73. The molecule has 16 heteroatoms. The number of imidazole rings is 1. The lowest BCUT2D eigenvalue weighted by atomic mass is 10.3. The molecule has 0 atom stereocenters. The molecule has 3 rings (SSSR count). The van der Waals surface area contributed by atoms with Crippen LogP contribution in [-0.4, -0.2) is 35.0 Å². The molecular formula is C13H14N8O7S. The molecule has 2 heterocycles. The summed E-state index contributed by atoms with van der Waals surface area (Å²) < 4.78 is 26.5. The Morgan fingerprint density at radius 1 is 1.28 bits per heavy atom. The van der Waals surface area contributed by atoms with E-state index < -0.39 is 27.7 Å². The van der Waals surface area contributed by atoms with Crippen molar-refractivity contribution in [2.45, 2.75) is 13.0 Å². The minimum atomic E-state index is -4.30. The molecule has 4 N–H and O–H groups in total. The van der Waals surface area contributed by atoms with Crippen LogP contribution in [0.5, 0.6) is 0 Å². The van der Waals surface area contributed by atoms with Gasteiger partial charge in [-0.05, 0) is 11.0 Å². The fraction of sp³-hybridized carbons (Fsp3) is 0.231.